The highest BCUT2D eigenvalue weighted by molar-refractivity contribution is 5.88. The van der Waals surface area contributed by atoms with Crippen LogP contribution in [0.5, 0.6) is 5.75 Å². The molecule has 0 aromatic heterocycles. The van der Waals surface area contributed by atoms with E-state index in [4.69, 9.17) is 4.74 Å². The van der Waals surface area contributed by atoms with E-state index in [9.17, 15) is 18.0 Å². The molecule has 1 aliphatic rings. The Morgan fingerprint density at radius 3 is 2.55 bits per heavy atom. The molecule has 1 atom stereocenters. The molecule has 7 nitrogen and oxygen atoms in total. The summed E-state index contributed by atoms with van der Waals surface area (Å²) in [5, 5.41) is 5.86. The van der Waals surface area contributed by atoms with Gasteiger partial charge in [0, 0.05) is 51.9 Å². The number of guanidine groups is 1. The number of rotatable bonds is 6. The maximum Gasteiger partial charge on any atom is 0.403 e. The van der Waals surface area contributed by atoms with Crippen LogP contribution in [0.25, 0.3) is 0 Å². The van der Waals surface area contributed by atoms with Gasteiger partial charge >= 0.3 is 6.18 Å². The molecule has 2 rings (SSSR count). The molecule has 0 bridgehead atoms. The first-order valence-corrected chi connectivity index (χ1v) is 9.47. The SMILES string of the molecule is CN=C(NCCOc1cccc(NC(C)=O)c1)N1CCN(C(C)C(F)(F)F)CC1. The minimum absolute atomic E-state index is 0.155. The van der Waals surface area contributed by atoms with Crippen LogP contribution in [-0.2, 0) is 4.79 Å². The van der Waals surface area contributed by atoms with Crippen LogP contribution in [0.15, 0.2) is 29.3 Å². The number of aliphatic imine (C=N–C) groups is 1. The van der Waals surface area contributed by atoms with Crippen LogP contribution >= 0.6 is 0 Å². The molecule has 1 aromatic rings. The Morgan fingerprint density at radius 1 is 1.28 bits per heavy atom. The summed E-state index contributed by atoms with van der Waals surface area (Å²) in [6.07, 6.45) is -4.21. The van der Waals surface area contributed by atoms with Crippen LogP contribution in [0.1, 0.15) is 13.8 Å². The average Bonchev–Trinajstić information content (AvgIpc) is 2.67. The van der Waals surface area contributed by atoms with Gasteiger partial charge in [0.25, 0.3) is 0 Å². The molecule has 2 N–H and O–H groups in total. The zero-order chi connectivity index (χ0) is 21.4. The maximum absolute atomic E-state index is 12.9. The van der Waals surface area contributed by atoms with Crippen LogP contribution in [0.4, 0.5) is 18.9 Å². The van der Waals surface area contributed by atoms with Gasteiger partial charge in [-0.1, -0.05) is 6.07 Å². The third-order valence-electron chi connectivity index (χ3n) is 4.66. The van der Waals surface area contributed by atoms with Gasteiger partial charge in [-0.2, -0.15) is 13.2 Å². The molecular weight excluding hydrogens is 387 g/mol. The van der Waals surface area contributed by atoms with E-state index in [-0.39, 0.29) is 5.91 Å². The molecule has 29 heavy (non-hydrogen) atoms. The Labute approximate surface area is 168 Å². The fourth-order valence-electron chi connectivity index (χ4n) is 3.06. The molecule has 0 spiro atoms. The largest absolute Gasteiger partial charge is 0.492 e. The number of piperazine rings is 1. The number of amides is 1. The summed E-state index contributed by atoms with van der Waals surface area (Å²) in [5.74, 6) is 1.11. The Bertz CT molecular complexity index is 703. The second-order valence-electron chi connectivity index (χ2n) is 6.77. The fourth-order valence-corrected chi connectivity index (χ4v) is 3.06. The lowest BCUT2D eigenvalue weighted by Gasteiger charge is -2.39. The monoisotopic (exact) mass is 415 g/mol. The molecule has 10 heteroatoms. The molecule has 162 valence electrons. The average molecular weight is 415 g/mol. The number of nitrogens with one attached hydrogen (secondary N) is 2. The van der Waals surface area contributed by atoms with E-state index in [0.29, 0.717) is 56.7 Å². The normalized spacial score (nSPS) is 17.0. The lowest BCUT2D eigenvalue weighted by molar-refractivity contribution is -0.181. The van der Waals surface area contributed by atoms with Crippen molar-refractivity contribution in [3.8, 4) is 5.75 Å². The molecule has 1 aromatic carbocycles. The van der Waals surface area contributed by atoms with Gasteiger partial charge in [-0.25, -0.2) is 0 Å². The smallest absolute Gasteiger partial charge is 0.403 e. The Hall–Kier alpha value is -2.49. The third-order valence-corrected chi connectivity index (χ3v) is 4.66. The Kier molecular flexibility index (Phi) is 8.12. The molecular formula is C19H28F3N5O2. The van der Waals surface area contributed by atoms with E-state index in [2.05, 4.69) is 15.6 Å². The molecule has 0 radical (unpaired) electrons. The van der Waals surface area contributed by atoms with E-state index >= 15 is 0 Å². The summed E-state index contributed by atoms with van der Waals surface area (Å²) in [5.41, 5.74) is 0.657. The van der Waals surface area contributed by atoms with Crippen molar-refractivity contribution in [2.24, 2.45) is 4.99 Å². The van der Waals surface area contributed by atoms with Gasteiger partial charge in [0.2, 0.25) is 5.91 Å². The molecule has 1 unspecified atom stereocenters. The van der Waals surface area contributed by atoms with E-state index < -0.39 is 12.2 Å². The number of hydrogen-bond acceptors (Lipinski definition) is 4. The van der Waals surface area contributed by atoms with E-state index in [0.717, 1.165) is 0 Å². The number of ether oxygens (including phenoxy) is 1. The minimum atomic E-state index is -4.21. The first-order valence-electron chi connectivity index (χ1n) is 9.47. The standard InChI is InChI=1S/C19H28F3N5O2/c1-14(19(20,21)22)26-8-10-27(11-9-26)18(23-3)24-7-12-29-17-6-4-5-16(13-17)25-15(2)28/h4-6,13-14H,7-12H2,1-3H3,(H,23,24)(H,25,28). The number of carbonyl (C=O) groups is 1. The Balaban J connectivity index is 1.75. The number of nitrogens with zero attached hydrogens (tertiary/aromatic N) is 3. The van der Waals surface area contributed by atoms with Crippen molar-refractivity contribution in [2.75, 3.05) is 51.7 Å². The number of alkyl halides is 3. The molecule has 1 fully saturated rings. The van der Waals surface area contributed by atoms with Crippen molar-refractivity contribution in [1.82, 2.24) is 15.1 Å². The highest BCUT2D eigenvalue weighted by Gasteiger charge is 2.41. The van der Waals surface area contributed by atoms with Crippen LogP contribution in [-0.4, -0.2) is 80.3 Å². The zero-order valence-electron chi connectivity index (χ0n) is 16.9. The third kappa shape index (κ3) is 7.12. The van der Waals surface area contributed by atoms with Crippen molar-refractivity contribution < 1.29 is 22.7 Å². The van der Waals surface area contributed by atoms with Gasteiger partial charge in [-0.15, -0.1) is 0 Å². The number of carbonyl (C=O) groups excluding carboxylic acids is 1. The van der Waals surface area contributed by atoms with Crippen molar-refractivity contribution in [3.05, 3.63) is 24.3 Å². The number of benzene rings is 1. The summed E-state index contributed by atoms with van der Waals surface area (Å²) in [6.45, 7) is 5.08. The molecule has 0 saturated carbocycles. The van der Waals surface area contributed by atoms with Gasteiger partial charge in [-0.3, -0.25) is 14.7 Å². The van der Waals surface area contributed by atoms with Crippen molar-refractivity contribution in [3.63, 3.8) is 0 Å². The lowest BCUT2D eigenvalue weighted by atomic mass is 10.2. The predicted molar refractivity (Wildman–Crippen MR) is 106 cm³/mol. The highest BCUT2D eigenvalue weighted by Crippen LogP contribution is 2.25. The highest BCUT2D eigenvalue weighted by atomic mass is 19.4. The van der Waals surface area contributed by atoms with Crippen molar-refractivity contribution in [2.45, 2.75) is 26.1 Å². The molecule has 1 aliphatic heterocycles. The van der Waals surface area contributed by atoms with E-state index in [1.165, 1.54) is 18.7 Å². The summed E-state index contributed by atoms with van der Waals surface area (Å²) in [7, 11) is 1.64. The number of anilines is 1. The summed E-state index contributed by atoms with van der Waals surface area (Å²) in [4.78, 5) is 18.7. The number of halogens is 3. The number of hydrogen-bond donors (Lipinski definition) is 2. The molecule has 1 saturated heterocycles. The molecule has 0 aliphatic carbocycles. The summed E-state index contributed by atoms with van der Waals surface area (Å²) >= 11 is 0. The van der Waals surface area contributed by atoms with Gasteiger partial charge in [0.1, 0.15) is 18.4 Å². The predicted octanol–water partition coefficient (Wildman–Crippen LogP) is 2.17. The topological polar surface area (TPSA) is 69.2 Å². The van der Waals surface area contributed by atoms with Crippen LogP contribution in [0.2, 0.25) is 0 Å². The van der Waals surface area contributed by atoms with Gasteiger partial charge in [0.15, 0.2) is 5.96 Å². The molecule has 1 amide bonds. The Morgan fingerprint density at radius 2 is 1.97 bits per heavy atom. The zero-order valence-corrected chi connectivity index (χ0v) is 16.9. The van der Waals surface area contributed by atoms with Gasteiger partial charge < -0.3 is 20.3 Å². The maximum atomic E-state index is 12.9. The van der Waals surface area contributed by atoms with E-state index in [1.54, 1.807) is 31.3 Å². The minimum Gasteiger partial charge on any atom is -0.492 e. The van der Waals surface area contributed by atoms with Crippen LogP contribution in [0, 0.1) is 0 Å². The first kappa shape index (κ1) is 22.8. The second kappa shape index (κ2) is 10.3. The van der Waals surface area contributed by atoms with Gasteiger partial charge in [0.05, 0.1) is 6.54 Å². The van der Waals surface area contributed by atoms with Crippen LogP contribution in [0.3, 0.4) is 0 Å². The van der Waals surface area contributed by atoms with Crippen molar-refractivity contribution >= 4 is 17.6 Å². The van der Waals surface area contributed by atoms with Gasteiger partial charge in [-0.05, 0) is 19.1 Å². The van der Waals surface area contributed by atoms with Crippen LogP contribution < -0.4 is 15.4 Å². The summed E-state index contributed by atoms with van der Waals surface area (Å²) < 4.78 is 44.3. The first-order chi connectivity index (χ1) is 13.7. The van der Waals surface area contributed by atoms with E-state index in [1.807, 2.05) is 4.90 Å². The van der Waals surface area contributed by atoms with Crippen molar-refractivity contribution in [1.29, 1.82) is 0 Å². The summed E-state index contributed by atoms with van der Waals surface area (Å²) in [6, 6.07) is 5.64. The quantitative estimate of drug-likeness (QED) is 0.423. The lowest BCUT2D eigenvalue weighted by Crippen LogP contribution is -2.57. The molecule has 1 heterocycles. The second-order valence-corrected chi connectivity index (χ2v) is 6.77. The fraction of sp³-hybridized carbons (Fsp3) is 0.579.